The predicted molar refractivity (Wildman–Crippen MR) is 62.1 cm³/mol. The van der Waals surface area contributed by atoms with Crippen LogP contribution >= 0.6 is 12.2 Å². The normalized spacial score (nSPS) is 37.1. The Labute approximate surface area is 91.2 Å². The molecule has 2 saturated heterocycles. The molecule has 2 bridgehead atoms. The van der Waals surface area contributed by atoms with Crippen molar-refractivity contribution in [2.45, 2.75) is 43.8 Å². The molecule has 80 valence electrons. The molecule has 0 spiro atoms. The largest absolute Gasteiger partial charge is 0.376 e. The summed E-state index contributed by atoms with van der Waals surface area (Å²) in [6.45, 7) is 0. The van der Waals surface area contributed by atoms with Crippen LogP contribution in [0.5, 0.6) is 0 Å². The van der Waals surface area contributed by atoms with Crippen LogP contribution in [0.2, 0.25) is 0 Å². The molecule has 2 aliphatic heterocycles. The molecule has 0 amide bonds. The van der Waals surface area contributed by atoms with Crippen molar-refractivity contribution in [2.24, 2.45) is 5.73 Å². The maximum absolute atomic E-state index is 5.66. The quantitative estimate of drug-likeness (QED) is 0.653. The molecular formula is C10H19N3S. The van der Waals surface area contributed by atoms with Gasteiger partial charge in [0.25, 0.3) is 0 Å². The first-order valence-electron chi connectivity index (χ1n) is 5.33. The van der Waals surface area contributed by atoms with Crippen molar-refractivity contribution < 1.29 is 0 Å². The lowest BCUT2D eigenvalue weighted by Crippen LogP contribution is -2.50. The number of piperidine rings is 1. The third kappa shape index (κ3) is 1.61. The second kappa shape index (κ2) is 3.66. The van der Waals surface area contributed by atoms with E-state index in [4.69, 9.17) is 18.0 Å². The number of nitrogens with zero attached hydrogens (tertiary/aromatic N) is 2. The fourth-order valence-electron chi connectivity index (χ4n) is 2.88. The van der Waals surface area contributed by atoms with Gasteiger partial charge in [0.1, 0.15) is 0 Å². The predicted octanol–water partition coefficient (Wildman–Crippen LogP) is 0.787. The molecular weight excluding hydrogens is 194 g/mol. The molecule has 2 fully saturated rings. The van der Waals surface area contributed by atoms with Gasteiger partial charge in [0.05, 0.1) is 0 Å². The summed E-state index contributed by atoms with van der Waals surface area (Å²) in [7, 11) is 4.27. The lowest BCUT2D eigenvalue weighted by atomic mass is 9.97. The lowest BCUT2D eigenvalue weighted by molar-refractivity contribution is 0.121. The van der Waals surface area contributed by atoms with Gasteiger partial charge in [-0.05, 0) is 44.9 Å². The van der Waals surface area contributed by atoms with Crippen LogP contribution in [0, 0.1) is 0 Å². The van der Waals surface area contributed by atoms with E-state index in [0.29, 0.717) is 11.2 Å². The van der Waals surface area contributed by atoms with Gasteiger partial charge in [-0.3, -0.25) is 0 Å². The molecule has 2 aliphatic rings. The molecule has 0 saturated carbocycles. The van der Waals surface area contributed by atoms with Crippen molar-refractivity contribution in [3.63, 3.8) is 0 Å². The summed E-state index contributed by atoms with van der Waals surface area (Å²) in [5, 5.41) is 0.541. The smallest absolute Gasteiger partial charge is 0.166 e. The van der Waals surface area contributed by atoms with E-state index < -0.39 is 0 Å². The summed E-state index contributed by atoms with van der Waals surface area (Å²) in [5.41, 5.74) is 5.66. The van der Waals surface area contributed by atoms with E-state index in [1.165, 1.54) is 25.7 Å². The van der Waals surface area contributed by atoms with E-state index in [1.807, 2.05) is 7.05 Å². The summed E-state index contributed by atoms with van der Waals surface area (Å²) in [6.07, 6.45) is 5.15. The van der Waals surface area contributed by atoms with Crippen molar-refractivity contribution in [1.82, 2.24) is 9.80 Å². The SMILES string of the molecule is CN(C(N)=S)C1CC2CCC(C1)N2C. The van der Waals surface area contributed by atoms with Crippen molar-refractivity contribution >= 4 is 17.3 Å². The number of hydrogen-bond donors (Lipinski definition) is 1. The van der Waals surface area contributed by atoms with Gasteiger partial charge < -0.3 is 15.5 Å². The van der Waals surface area contributed by atoms with Crippen molar-refractivity contribution in [3.8, 4) is 0 Å². The first-order valence-corrected chi connectivity index (χ1v) is 5.74. The van der Waals surface area contributed by atoms with Gasteiger partial charge in [-0.1, -0.05) is 0 Å². The van der Waals surface area contributed by atoms with Crippen LogP contribution in [0.1, 0.15) is 25.7 Å². The van der Waals surface area contributed by atoms with E-state index >= 15 is 0 Å². The Morgan fingerprint density at radius 2 is 1.86 bits per heavy atom. The molecule has 3 nitrogen and oxygen atoms in total. The van der Waals surface area contributed by atoms with Gasteiger partial charge in [0.15, 0.2) is 5.11 Å². The van der Waals surface area contributed by atoms with E-state index in [2.05, 4.69) is 16.8 Å². The second-order valence-electron chi connectivity index (χ2n) is 4.62. The Balaban J connectivity index is 2.02. The van der Waals surface area contributed by atoms with Gasteiger partial charge in [-0.25, -0.2) is 0 Å². The van der Waals surface area contributed by atoms with E-state index in [1.54, 1.807) is 0 Å². The third-order valence-corrected chi connectivity index (χ3v) is 4.26. The highest BCUT2D eigenvalue weighted by molar-refractivity contribution is 7.80. The highest BCUT2D eigenvalue weighted by atomic mass is 32.1. The van der Waals surface area contributed by atoms with Crippen LogP contribution in [-0.2, 0) is 0 Å². The Hall–Kier alpha value is -0.350. The van der Waals surface area contributed by atoms with Crippen LogP contribution in [0.15, 0.2) is 0 Å². The van der Waals surface area contributed by atoms with E-state index in [9.17, 15) is 0 Å². The molecule has 0 aromatic heterocycles. The van der Waals surface area contributed by atoms with Crippen LogP contribution in [0.3, 0.4) is 0 Å². The second-order valence-corrected chi connectivity index (χ2v) is 5.04. The minimum atomic E-state index is 0.541. The van der Waals surface area contributed by atoms with E-state index in [0.717, 1.165) is 12.1 Å². The minimum absolute atomic E-state index is 0.541. The van der Waals surface area contributed by atoms with Gasteiger partial charge in [-0.15, -0.1) is 0 Å². The van der Waals surface area contributed by atoms with E-state index in [-0.39, 0.29) is 0 Å². The average molecular weight is 213 g/mol. The first-order chi connectivity index (χ1) is 6.59. The van der Waals surface area contributed by atoms with Crippen LogP contribution in [0.4, 0.5) is 0 Å². The number of rotatable bonds is 1. The average Bonchev–Trinajstić information content (AvgIpc) is 2.42. The molecule has 0 aliphatic carbocycles. The molecule has 14 heavy (non-hydrogen) atoms. The molecule has 2 N–H and O–H groups in total. The molecule has 0 radical (unpaired) electrons. The summed E-state index contributed by atoms with van der Waals surface area (Å²) >= 11 is 5.02. The third-order valence-electron chi connectivity index (χ3n) is 3.97. The highest BCUT2D eigenvalue weighted by Gasteiger charge is 2.39. The zero-order valence-electron chi connectivity index (χ0n) is 8.94. The van der Waals surface area contributed by atoms with Crippen LogP contribution in [0.25, 0.3) is 0 Å². The van der Waals surface area contributed by atoms with Gasteiger partial charge in [0.2, 0.25) is 0 Å². The maximum Gasteiger partial charge on any atom is 0.166 e. The standard InChI is InChI=1S/C10H19N3S/c1-12-7-3-4-8(12)6-9(5-7)13(2)10(11)14/h7-9H,3-6H2,1-2H3,(H2,11,14). The van der Waals surface area contributed by atoms with Crippen molar-refractivity contribution in [2.75, 3.05) is 14.1 Å². The maximum atomic E-state index is 5.66. The number of fused-ring (bicyclic) bond motifs is 2. The Bertz CT molecular complexity index is 230. The van der Waals surface area contributed by atoms with Gasteiger partial charge in [0, 0.05) is 25.2 Å². The number of thiocarbonyl (C=S) groups is 1. The monoisotopic (exact) mass is 213 g/mol. The Morgan fingerprint density at radius 3 is 2.29 bits per heavy atom. The molecule has 2 atom stereocenters. The van der Waals surface area contributed by atoms with Gasteiger partial charge >= 0.3 is 0 Å². The molecule has 2 rings (SSSR count). The molecule has 2 unspecified atom stereocenters. The highest BCUT2D eigenvalue weighted by Crippen LogP contribution is 2.35. The fraction of sp³-hybridized carbons (Fsp3) is 0.900. The number of nitrogens with two attached hydrogens (primary N) is 1. The topological polar surface area (TPSA) is 32.5 Å². The van der Waals surface area contributed by atoms with Crippen LogP contribution < -0.4 is 5.73 Å². The first kappa shape index (κ1) is 10.2. The number of hydrogen-bond acceptors (Lipinski definition) is 2. The molecule has 0 aromatic carbocycles. The van der Waals surface area contributed by atoms with Crippen molar-refractivity contribution in [1.29, 1.82) is 0 Å². The summed E-state index contributed by atoms with van der Waals surface area (Å²) in [6, 6.07) is 2.09. The zero-order valence-corrected chi connectivity index (χ0v) is 9.76. The summed E-state index contributed by atoms with van der Waals surface area (Å²) in [5.74, 6) is 0. The van der Waals surface area contributed by atoms with Gasteiger partial charge in [-0.2, -0.15) is 0 Å². The Morgan fingerprint density at radius 1 is 1.36 bits per heavy atom. The molecule has 2 heterocycles. The minimum Gasteiger partial charge on any atom is -0.376 e. The zero-order chi connectivity index (χ0) is 10.3. The molecule has 4 heteroatoms. The Kier molecular flexibility index (Phi) is 2.66. The fourth-order valence-corrected chi connectivity index (χ4v) is 3.03. The molecule has 0 aromatic rings. The summed E-state index contributed by atoms with van der Waals surface area (Å²) < 4.78 is 0. The summed E-state index contributed by atoms with van der Waals surface area (Å²) in [4.78, 5) is 4.61. The lowest BCUT2D eigenvalue weighted by Gasteiger charge is -2.40. The van der Waals surface area contributed by atoms with Crippen molar-refractivity contribution in [3.05, 3.63) is 0 Å². The van der Waals surface area contributed by atoms with Crippen LogP contribution in [-0.4, -0.2) is 47.1 Å².